The number of piperazine rings is 1. The van der Waals surface area contributed by atoms with Crippen LogP contribution in [0.15, 0.2) is 53.4 Å². The van der Waals surface area contributed by atoms with Crippen molar-refractivity contribution in [2.75, 3.05) is 37.6 Å². The molecule has 0 atom stereocenters. The summed E-state index contributed by atoms with van der Waals surface area (Å²) in [6, 6.07) is 12.7. The highest BCUT2D eigenvalue weighted by molar-refractivity contribution is 7.89. The summed E-state index contributed by atoms with van der Waals surface area (Å²) >= 11 is 6.22. The first-order chi connectivity index (χ1) is 13.4. The molecule has 0 aliphatic carbocycles. The van der Waals surface area contributed by atoms with Crippen molar-refractivity contribution >= 4 is 33.2 Å². The van der Waals surface area contributed by atoms with Crippen molar-refractivity contribution in [2.24, 2.45) is 0 Å². The molecule has 1 fully saturated rings. The van der Waals surface area contributed by atoms with E-state index < -0.39 is 20.7 Å². The lowest BCUT2D eigenvalue weighted by molar-refractivity contribution is -0.131. The summed E-state index contributed by atoms with van der Waals surface area (Å²) in [7, 11) is -3.99. The van der Waals surface area contributed by atoms with Gasteiger partial charge in [-0.1, -0.05) is 35.9 Å². The van der Waals surface area contributed by atoms with E-state index in [0.717, 1.165) is 11.8 Å². The average molecular weight is 426 g/mol. The molecule has 1 N–H and O–H groups in total. The molecule has 9 heteroatoms. The van der Waals surface area contributed by atoms with Crippen molar-refractivity contribution in [3.05, 3.63) is 59.4 Å². The van der Waals surface area contributed by atoms with E-state index >= 15 is 0 Å². The fourth-order valence-corrected chi connectivity index (χ4v) is 4.46. The fraction of sp³-hybridized carbons (Fsp3) is 0.316. The van der Waals surface area contributed by atoms with Gasteiger partial charge in [-0.3, -0.25) is 4.79 Å². The Morgan fingerprint density at radius 1 is 1.04 bits per heavy atom. The Bertz CT molecular complexity index is 947. The van der Waals surface area contributed by atoms with Gasteiger partial charge in [0.1, 0.15) is 10.7 Å². The first-order valence-corrected chi connectivity index (χ1v) is 10.8. The number of anilines is 1. The third kappa shape index (κ3) is 4.81. The van der Waals surface area contributed by atoms with Crippen LogP contribution in [-0.2, 0) is 14.8 Å². The average Bonchev–Trinajstić information content (AvgIpc) is 2.68. The van der Waals surface area contributed by atoms with Gasteiger partial charge in [0.05, 0.1) is 10.7 Å². The second-order valence-electron chi connectivity index (χ2n) is 6.40. The minimum absolute atomic E-state index is 0.0137. The summed E-state index contributed by atoms with van der Waals surface area (Å²) in [4.78, 5) is 15.8. The van der Waals surface area contributed by atoms with Crippen LogP contribution >= 0.6 is 11.6 Å². The molecule has 0 aromatic heterocycles. The molecule has 1 amide bonds. The smallest absolute Gasteiger partial charge is 0.243 e. The van der Waals surface area contributed by atoms with Gasteiger partial charge in [-0.25, -0.2) is 17.5 Å². The van der Waals surface area contributed by atoms with Crippen LogP contribution in [0.2, 0.25) is 5.02 Å². The molecule has 1 saturated heterocycles. The van der Waals surface area contributed by atoms with Crippen LogP contribution < -0.4 is 9.62 Å². The number of hydrogen-bond donors (Lipinski definition) is 1. The number of sulfonamides is 1. The first-order valence-electron chi connectivity index (χ1n) is 8.90. The molecule has 0 spiro atoms. The van der Waals surface area contributed by atoms with Gasteiger partial charge in [-0.2, -0.15) is 0 Å². The van der Waals surface area contributed by atoms with Crippen LogP contribution in [0.4, 0.5) is 10.1 Å². The van der Waals surface area contributed by atoms with E-state index in [4.69, 9.17) is 11.6 Å². The number of amides is 1. The second kappa shape index (κ2) is 8.89. The van der Waals surface area contributed by atoms with Crippen molar-refractivity contribution in [3.8, 4) is 0 Å². The van der Waals surface area contributed by atoms with E-state index in [1.807, 2.05) is 24.3 Å². The van der Waals surface area contributed by atoms with Crippen molar-refractivity contribution in [2.45, 2.75) is 11.3 Å². The number of hydrogen-bond acceptors (Lipinski definition) is 4. The monoisotopic (exact) mass is 425 g/mol. The number of nitrogens with zero attached hydrogens (tertiary/aromatic N) is 2. The zero-order chi connectivity index (χ0) is 20.1. The Morgan fingerprint density at radius 3 is 2.36 bits per heavy atom. The Balaban J connectivity index is 1.49. The van der Waals surface area contributed by atoms with Gasteiger partial charge in [-0.05, 0) is 24.3 Å². The molecule has 1 aliphatic heterocycles. The number of carbonyl (C=O) groups is 1. The van der Waals surface area contributed by atoms with Crippen molar-refractivity contribution in [1.82, 2.24) is 9.62 Å². The molecule has 1 aliphatic rings. The lowest BCUT2D eigenvalue weighted by Gasteiger charge is -2.36. The highest BCUT2D eigenvalue weighted by Crippen LogP contribution is 2.26. The van der Waals surface area contributed by atoms with Crippen molar-refractivity contribution < 1.29 is 17.6 Å². The minimum atomic E-state index is -3.99. The normalized spacial score (nSPS) is 14.9. The number of nitrogens with one attached hydrogen (secondary N) is 1. The maximum absolute atomic E-state index is 13.7. The van der Waals surface area contributed by atoms with Crippen molar-refractivity contribution in [3.63, 3.8) is 0 Å². The Labute approximate surface area is 168 Å². The van der Waals surface area contributed by atoms with E-state index in [2.05, 4.69) is 9.62 Å². The molecule has 28 heavy (non-hydrogen) atoms. The van der Waals surface area contributed by atoms with E-state index in [9.17, 15) is 17.6 Å². The number of carbonyl (C=O) groups excluding carboxylic acids is 1. The van der Waals surface area contributed by atoms with Crippen LogP contribution in [0, 0.1) is 5.82 Å². The SMILES string of the molecule is O=C(CCNS(=O)(=O)c1ccccc1F)N1CCN(c2ccccc2Cl)CC1. The van der Waals surface area contributed by atoms with Crippen LogP contribution in [0.25, 0.3) is 0 Å². The Hall–Kier alpha value is -2.16. The number of halogens is 2. The molecule has 0 saturated carbocycles. The zero-order valence-electron chi connectivity index (χ0n) is 15.1. The largest absolute Gasteiger partial charge is 0.367 e. The van der Waals surface area contributed by atoms with Crippen molar-refractivity contribution in [1.29, 1.82) is 0 Å². The van der Waals surface area contributed by atoms with Crippen LogP contribution in [0.3, 0.4) is 0 Å². The van der Waals surface area contributed by atoms with Gasteiger partial charge < -0.3 is 9.80 Å². The van der Waals surface area contributed by atoms with Crippen LogP contribution in [0.1, 0.15) is 6.42 Å². The molecule has 0 unspecified atom stereocenters. The molecule has 150 valence electrons. The van der Waals surface area contributed by atoms with Gasteiger partial charge in [-0.15, -0.1) is 0 Å². The Kier molecular flexibility index (Phi) is 6.53. The molecule has 1 heterocycles. The predicted octanol–water partition coefficient (Wildman–Crippen LogP) is 2.50. The fourth-order valence-electron chi connectivity index (χ4n) is 3.10. The van der Waals surface area contributed by atoms with Crippen LogP contribution in [-0.4, -0.2) is 51.9 Å². The molecular formula is C19H21ClFN3O3S. The van der Waals surface area contributed by atoms with E-state index in [0.29, 0.717) is 31.2 Å². The molecule has 0 radical (unpaired) electrons. The predicted molar refractivity (Wildman–Crippen MR) is 106 cm³/mol. The molecular weight excluding hydrogens is 405 g/mol. The third-order valence-electron chi connectivity index (χ3n) is 4.58. The summed E-state index contributed by atoms with van der Waals surface area (Å²) in [6.45, 7) is 2.28. The highest BCUT2D eigenvalue weighted by Gasteiger charge is 2.23. The van der Waals surface area contributed by atoms with E-state index in [1.165, 1.54) is 18.2 Å². The number of para-hydroxylation sites is 1. The van der Waals surface area contributed by atoms with Gasteiger partial charge in [0, 0.05) is 39.1 Å². The first kappa shape index (κ1) is 20.6. The minimum Gasteiger partial charge on any atom is -0.367 e. The summed E-state index contributed by atoms with van der Waals surface area (Å²) in [6.07, 6.45) is 0.0137. The van der Waals surface area contributed by atoms with E-state index in [1.54, 1.807) is 4.90 Å². The maximum Gasteiger partial charge on any atom is 0.243 e. The lowest BCUT2D eigenvalue weighted by atomic mass is 10.2. The maximum atomic E-state index is 13.7. The summed E-state index contributed by atoms with van der Waals surface area (Å²) in [5, 5.41) is 0.671. The molecule has 3 rings (SSSR count). The van der Waals surface area contributed by atoms with Gasteiger partial charge in [0.25, 0.3) is 0 Å². The summed E-state index contributed by atoms with van der Waals surface area (Å²) in [5.74, 6) is -0.966. The lowest BCUT2D eigenvalue weighted by Crippen LogP contribution is -2.49. The molecule has 2 aromatic carbocycles. The van der Waals surface area contributed by atoms with Gasteiger partial charge in [0.15, 0.2) is 0 Å². The Morgan fingerprint density at radius 2 is 1.68 bits per heavy atom. The molecule has 2 aromatic rings. The topological polar surface area (TPSA) is 69.7 Å². The van der Waals surface area contributed by atoms with Gasteiger partial charge in [0.2, 0.25) is 15.9 Å². The zero-order valence-corrected chi connectivity index (χ0v) is 16.7. The third-order valence-corrected chi connectivity index (χ3v) is 6.40. The molecule has 6 nitrogen and oxygen atoms in total. The number of benzene rings is 2. The summed E-state index contributed by atoms with van der Waals surface area (Å²) < 4.78 is 40.2. The van der Waals surface area contributed by atoms with Crippen LogP contribution in [0.5, 0.6) is 0 Å². The second-order valence-corrected chi connectivity index (χ2v) is 8.54. The highest BCUT2D eigenvalue weighted by atomic mass is 35.5. The van der Waals surface area contributed by atoms with Gasteiger partial charge >= 0.3 is 0 Å². The quantitative estimate of drug-likeness (QED) is 0.772. The number of rotatable bonds is 6. The standard InChI is InChI=1S/C19H21ClFN3O3S/c20-15-5-1-3-7-17(15)23-11-13-24(14-12-23)19(25)9-10-22-28(26,27)18-8-4-2-6-16(18)21/h1-8,22H,9-14H2. The van der Waals surface area contributed by atoms with E-state index in [-0.39, 0.29) is 18.9 Å². The summed E-state index contributed by atoms with van der Waals surface area (Å²) in [5.41, 5.74) is 0.939. The molecule has 0 bridgehead atoms.